The summed E-state index contributed by atoms with van der Waals surface area (Å²) in [4.78, 5) is 13.9. The van der Waals surface area contributed by atoms with Crippen molar-refractivity contribution in [2.24, 2.45) is 4.99 Å². The van der Waals surface area contributed by atoms with Crippen molar-refractivity contribution in [3.05, 3.63) is 65.5 Å². The van der Waals surface area contributed by atoms with Gasteiger partial charge in [0.25, 0.3) is 0 Å². The molecule has 2 aliphatic heterocycles. The van der Waals surface area contributed by atoms with E-state index in [0.29, 0.717) is 12.6 Å². The molecule has 6 nitrogen and oxygen atoms in total. The van der Waals surface area contributed by atoms with Gasteiger partial charge in [-0.05, 0) is 24.6 Å². The van der Waals surface area contributed by atoms with Gasteiger partial charge in [0.1, 0.15) is 0 Å². The smallest absolute Gasteiger partial charge is 0.194 e. The van der Waals surface area contributed by atoms with Gasteiger partial charge in [-0.2, -0.15) is 0 Å². The number of benzene rings is 1. The first-order chi connectivity index (χ1) is 13.7. The molecule has 29 heavy (non-hydrogen) atoms. The van der Waals surface area contributed by atoms with E-state index in [0.717, 1.165) is 50.1 Å². The average Bonchev–Trinajstić information content (AvgIpc) is 3.14. The largest absolute Gasteiger partial charge is 0.373 e. The quantitative estimate of drug-likeness (QED) is 0.392. The van der Waals surface area contributed by atoms with E-state index in [1.165, 1.54) is 5.56 Å². The minimum Gasteiger partial charge on any atom is -0.373 e. The van der Waals surface area contributed by atoms with E-state index >= 15 is 0 Å². The first-order valence-electron chi connectivity index (χ1n) is 10.0. The second-order valence-electron chi connectivity index (χ2n) is 7.51. The highest BCUT2D eigenvalue weighted by atomic mass is 127. The number of nitrogens with one attached hydrogen (secondary N) is 1. The van der Waals surface area contributed by atoms with Crippen LogP contribution in [-0.4, -0.2) is 66.2 Å². The zero-order valence-electron chi connectivity index (χ0n) is 17.1. The van der Waals surface area contributed by atoms with Crippen LogP contribution in [0.4, 0.5) is 0 Å². The van der Waals surface area contributed by atoms with E-state index < -0.39 is 0 Å². The third-order valence-electron chi connectivity index (χ3n) is 5.53. The van der Waals surface area contributed by atoms with Gasteiger partial charge in [-0.3, -0.25) is 14.9 Å². The Hall–Kier alpha value is -1.71. The monoisotopic (exact) mass is 507 g/mol. The van der Waals surface area contributed by atoms with E-state index in [9.17, 15) is 0 Å². The molecule has 2 aromatic rings. The Morgan fingerprint density at radius 1 is 1.17 bits per heavy atom. The molecule has 2 saturated heterocycles. The SMILES string of the molecule is CN=C(NCc1cccc(C)n1)N1CC2OCCN(Cc3ccccc3)C2C1.I. The summed E-state index contributed by atoms with van der Waals surface area (Å²) in [5.74, 6) is 0.918. The van der Waals surface area contributed by atoms with Crippen LogP contribution in [0.5, 0.6) is 0 Å². The topological polar surface area (TPSA) is 53.0 Å². The van der Waals surface area contributed by atoms with Gasteiger partial charge in [0.15, 0.2) is 5.96 Å². The highest BCUT2D eigenvalue weighted by molar-refractivity contribution is 14.0. The number of rotatable bonds is 4. The fourth-order valence-electron chi connectivity index (χ4n) is 4.15. The van der Waals surface area contributed by atoms with Crippen molar-refractivity contribution in [2.75, 3.05) is 33.3 Å². The summed E-state index contributed by atoms with van der Waals surface area (Å²) in [6, 6.07) is 17.2. The minimum absolute atomic E-state index is 0. The van der Waals surface area contributed by atoms with Crippen molar-refractivity contribution in [2.45, 2.75) is 32.2 Å². The molecule has 156 valence electrons. The molecule has 4 rings (SSSR count). The number of nitrogens with zero attached hydrogens (tertiary/aromatic N) is 4. The Morgan fingerprint density at radius 2 is 2.00 bits per heavy atom. The lowest BCUT2D eigenvalue weighted by molar-refractivity contribution is -0.0502. The molecular weight excluding hydrogens is 477 g/mol. The number of likely N-dealkylation sites (tertiary alicyclic amines) is 1. The first kappa shape index (κ1) is 22.0. The summed E-state index contributed by atoms with van der Waals surface area (Å²) >= 11 is 0. The third kappa shape index (κ3) is 5.46. The fraction of sp³-hybridized carbons (Fsp3) is 0.455. The van der Waals surface area contributed by atoms with E-state index in [4.69, 9.17) is 4.74 Å². The molecule has 1 aromatic carbocycles. The zero-order valence-corrected chi connectivity index (χ0v) is 19.5. The lowest BCUT2D eigenvalue weighted by atomic mass is 10.1. The molecule has 2 unspecified atom stereocenters. The van der Waals surface area contributed by atoms with Crippen LogP contribution in [0.1, 0.15) is 17.0 Å². The van der Waals surface area contributed by atoms with Crippen LogP contribution in [0.3, 0.4) is 0 Å². The van der Waals surface area contributed by atoms with Gasteiger partial charge >= 0.3 is 0 Å². The lowest BCUT2D eigenvalue weighted by Gasteiger charge is -2.36. The number of ether oxygens (including phenoxy) is 1. The number of hydrogen-bond acceptors (Lipinski definition) is 4. The van der Waals surface area contributed by atoms with Crippen molar-refractivity contribution in [1.29, 1.82) is 0 Å². The standard InChI is InChI=1S/C22H29N5O.HI/c1-17-7-6-10-19(25-17)13-24-22(23-2)27-15-20-21(16-27)28-12-11-26(20)14-18-8-4-3-5-9-18;/h3-10,20-21H,11-16H2,1-2H3,(H,23,24);1H. The molecule has 1 aromatic heterocycles. The molecule has 2 aliphatic rings. The predicted molar refractivity (Wildman–Crippen MR) is 127 cm³/mol. The van der Waals surface area contributed by atoms with Gasteiger partial charge < -0.3 is 15.0 Å². The van der Waals surface area contributed by atoms with Gasteiger partial charge in [0.2, 0.25) is 0 Å². The van der Waals surface area contributed by atoms with Gasteiger partial charge in [0, 0.05) is 38.9 Å². The number of halogens is 1. The summed E-state index contributed by atoms with van der Waals surface area (Å²) in [5.41, 5.74) is 3.42. The second-order valence-corrected chi connectivity index (χ2v) is 7.51. The normalized spacial score (nSPS) is 22.1. The maximum Gasteiger partial charge on any atom is 0.194 e. The lowest BCUT2D eigenvalue weighted by Crippen LogP contribution is -2.50. The summed E-state index contributed by atoms with van der Waals surface area (Å²) in [6.07, 6.45) is 0.230. The number of aliphatic imine (C=N–C) groups is 1. The molecule has 0 amide bonds. The van der Waals surface area contributed by atoms with Crippen LogP contribution in [0, 0.1) is 6.92 Å². The van der Waals surface area contributed by atoms with Crippen molar-refractivity contribution < 1.29 is 4.74 Å². The number of hydrogen-bond donors (Lipinski definition) is 1. The van der Waals surface area contributed by atoms with Crippen LogP contribution in [-0.2, 0) is 17.8 Å². The van der Waals surface area contributed by atoms with E-state index in [1.807, 2.05) is 32.2 Å². The van der Waals surface area contributed by atoms with Crippen molar-refractivity contribution in [1.82, 2.24) is 20.1 Å². The van der Waals surface area contributed by atoms with E-state index in [2.05, 4.69) is 55.4 Å². The Bertz CT molecular complexity index is 816. The molecule has 0 saturated carbocycles. The molecule has 2 fully saturated rings. The number of morpholine rings is 1. The molecule has 2 atom stereocenters. The van der Waals surface area contributed by atoms with Crippen molar-refractivity contribution in [3.8, 4) is 0 Å². The van der Waals surface area contributed by atoms with E-state index in [-0.39, 0.29) is 30.1 Å². The van der Waals surface area contributed by atoms with Crippen LogP contribution in [0.15, 0.2) is 53.5 Å². The molecule has 0 bridgehead atoms. The van der Waals surface area contributed by atoms with Gasteiger partial charge in [-0.1, -0.05) is 36.4 Å². The Kier molecular flexibility index (Phi) is 7.85. The highest BCUT2D eigenvalue weighted by Gasteiger charge is 2.41. The molecule has 0 spiro atoms. The van der Waals surface area contributed by atoms with Crippen LogP contribution in [0.25, 0.3) is 0 Å². The molecule has 0 radical (unpaired) electrons. The van der Waals surface area contributed by atoms with Crippen LogP contribution in [0.2, 0.25) is 0 Å². The molecule has 0 aliphatic carbocycles. The number of pyridine rings is 1. The third-order valence-corrected chi connectivity index (χ3v) is 5.53. The molecular formula is C22H30IN5O. The Balaban J connectivity index is 0.00000240. The summed E-state index contributed by atoms with van der Waals surface area (Å²) in [5, 5.41) is 3.47. The summed E-state index contributed by atoms with van der Waals surface area (Å²) < 4.78 is 6.09. The van der Waals surface area contributed by atoms with Crippen molar-refractivity contribution in [3.63, 3.8) is 0 Å². The number of aromatic nitrogens is 1. The van der Waals surface area contributed by atoms with Gasteiger partial charge in [-0.15, -0.1) is 24.0 Å². The fourth-order valence-corrected chi connectivity index (χ4v) is 4.15. The van der Waals surface area contributed by atoms with Gasteiger partial charge in [0.05, 0.1) is 31.0 Å². The molecule has 3 heterocycles. The maximum absolute atomic E-state index is 6.09. The number of guanidine groups is 1. The predicted octanol–water partition coefficient (Wildman–Crippen LogP) is 2.67. The molecule has 1 N–H and O–H groups in total. The average molecular weight is 507 g/mol. The van der Waals surface area contributed by atoms with Crippen LogP contribution < -0.4 is 5.32 Å². The first-order valence-corrected chi connectivity index (χ1v) is 10.0. The highest BCUT2D eigenvalue weighted by Crippen LogP contribution is 2.24. The van der Waals surface area contributed by atoms with E-state index in [1.54, 1.807) is 0 Å². The van der Waals surface area contributed by atoms with Crippen LogP contribution >= 0.6 is 24.0 Å². The van der Waals surface area contributed by atoms with Crippen molar-refractivity contribution >= 4 is 29.9 Å². The number of fused-ring (bicyclic) bond motifs is 1. The second kappa shape index (κ2) is 10.4. The van der Waals surface area contributed by atoms with Gasteiger partial charge in [-0.25, -0.2) is 0 Å². The minimum atomic E-state index is 0. The maximum atomic E-state index is 6.09. The molecule has 7 heteroatoms. The summed E-state index contributed by atoms with van der Waals surface area (Å²) in [6.45, 7) is 7.23. The summed E-state index contributed by atoms with van der Waals surface area (Å²) in [7, 11) is 1.84. The Labute approximate surface area is 190 Å². The number of aryl methyl sites for hydroxylation is 1. The Morgan fingerprint density at radius 3 is 2.76 bits per heavy atom. The zero-order chi connectivity index (χ0) is 19.3.